The Hall–Kier alpha value is -2.60. The van der Waals surface area contributed by atoms with Gasteiger partial charge in [-0.1, -0.05) is 6.07 Å². The Morgan fingerprint density at radius 3 is 2.46 bits per heavy atom. The first-order valence-electron chi connectivity index (χ1n) is 11.3. The third-order valence-corrected chi connectivity index (χ3v) is 8.90. The Morgan fingerprint density at radius 1 is 1.11 bits per heavy atom. The molecule has 6 heterocycles. The summed E-state index contributed by atoms with van der Waals surface area (Å²) in [6.07, 6.45) is 10.4. The fraction of sp³-hybridized carbons (Fsp3) is 0.391. The molecule has 35 heavy (non-hydrogen) atoms. The number of pyridine rings is 1. The second-order valence-electron chi connectivity index (χ2n) is 9.29. The number of rotatable bonds is 4. The maximum Gasteiger partial charge on any atom is 0.180 e. The van der Waals surface area contributed by atoms with Crippen LogP contribution in [0.25, 0.3) is 27.5 Å². The highest BCUT2D eigenvalue weighted by atomic mass is 35.5. The number of halogens is 1. The van der Waals surface area contributed by atoms with Crippen molar-refractivity contribution in [2.45, 2.75) is 55.5 Å². The van der Waals surface area contributed by atoms with Crippen LogP contribution in [0, 0.1) is 6.92 Å². The van der Waals surface area contributed by atoms with E-state index in [4.69, 9.17) is 10.7 Å². The number of hydrogen-bond donors (Lipinski definition) is 2. The average molecular weight is 532 g/mol. The van der Waals surface area contributed by atoms with Crippen molar-refractivity contribution in [2.75, 3.05) is 12.0 Å². The highest BCUT2D eigenvalue weighted by molar-refractivity contribution is 7.91. The molecule has 2 fully saturated rings. The molecule has 12 heteroatoms. The molecule has 0 aliphatic carbocycles. The minimum Gasteiger partial charge on any atom is -0.382 e. The third kappa shape index (κ3) is 4.20. The molecule has 3 N–H and O–H groups in total. The summed E-state index contributed by atoms with van der Waals surface area (Å²) < 4.78 is 27.0. The fourth-order valence-electron chi connectivity index (χ4n) is 5.31. The number of nitrogens with zero attached hydrogens (tertiary/aromatic N) is 5. The van der Waals surface area contributed by atoms with Crippen LogP contribution in [0.15, 0.2) is 35.6 Å². The molecule has 6 rings (SSSR count). The predicted molar refractivity (Wildman–Crippen MR) is 139 cm³/mol. The summed E-state index contributed by atoms with van der Waals surface area (Å²) in [5.41, 5.74) is 9.95. The fourth-order valence-corrected chi connectivity index (χ4v) is 7.11. The number of nitrogens with one attached hydrogen (secondary N) is 1. The Kier molecular flexibility index (Phi) is 6.07. The van der Waals surface area contributed by atoms with Gasteiger partial charge in [-0.3, -0.25) is 4.98 Å². The number of aryl methyl sites for hydroxylation is 1. The van der Waals surface area contributed by atoms with E-state index in [1.807, 2.05) is 25.3 Å². The number of thiazole rings is 1. The van der Waals surface area contributed by atoms with E-state index in [-0.39, 0.29) is 29.0 Å². The molecular weight excluding hydrogens is 506 g/mol. The van der Waals surface area contributed by atoms with Gasteiger partial charge in [0.25, 0.3) is 0 Å². The van der Waals surface area contributed by atoms with Gasteiger partial charge in [-0.15, -0.1) is 23.7 Å². The van der Waals surface area contributed by atoms with Gasteiger partial charge in [-0.05, 0) is 38.7 Å². The van der Waals surface area contributed by atoms with Crippen molar-refractivity contribution in [3.63, 3.8) is 0 Å². The summed E-state index contributed by atoms with van der Waals surface area (Å²) in [6.45, 7) is 2.01. The summed E-state index contributed by atoms with van der Waals surface area (Å²) in [7, 11) is -3.60. The lowest BCUT2D eigenvalue weighted by molar-refractivity contribution is 0.355. The zero-order chi connectivity index (χ0) is 23.6. The van der Waals surface area contributed by atoms with Gasteiger partial charge in [-0.2, -0.15) is 9.61 Å². The van der Waals surface area contributed by atoms with E-state index in [2.05, 4.69) is 20.4 Å². The standard InChI is InChI=1S/C23H25N7O2S2.ClH/c1-12-9-26-23(33-12)18-6-3-13(10-25-18)17-11-27-30-21(24)20(34(2,31)32)19(29-22(17)30)14-7-15-4-5-16(8-14)28-15;/h3,6,9-11,14-16,28H,4-5,7-8,24H2,1-2H3;1H/t14-,15+,16-;. The van der Waals surface area contributed by atoms with E-state index in [0.717, 1.165) is 52.4 Å². The van der Waals surface area contributed by atoms with Crippen molar-refractivity contribution in [3.8, 4) is 21.8 Å². The van der Waals surface area contributed by atoms with Gasteiger partial charge in [0.1, 0.15) is 15.7 Å². The summed E-state index contributed by atoms with van der Waals surface area (Å²) in [4.78, 5) is 15.1. The first-order valence-corrected chi connectivity index (χ1v) is 14.0. The molecule has 2 aliphatic heterocycles. The zero-order valence-electron chi connectivity index (χ0n) is 19.3. The first-order chi connectivity index (χ1) is 16.3. The van der Waals surface area contributed by atoms with E-state index in [0.29, 0.717) is 23.4 Å². The maximum atomic E-state index is 12.8. The molecule has 4 aromatic heterocycles. The number of sulfone groups is 1. The minimum atomic E-state index is -3.60. The molecule has 0 saturated carbocycles. The Balaban J connectivity index is 0.00000253. The van der Waals surface area contributed by atoms with Crippen LogP contribution in [0.3, 0.4) is 0 Å². The predicted octanol–water partition coefficient (Wildman–Crippen LogP) is 3.63. The summed E-state index contributed by atoms with van der Waals surface area (Å²) in [6, 6.07) is 4.68. The van der Waals surface area contributed by atoms with Gasteiger partial charge in [0.05, 0.1) is 17.6 Å². The Bertz CT molecular complexity index is 1500. The van der Waals surface area contributed by atoms with Crippen molar-refractivity contribution in [3.05, 3.63) is 41.3 Å². The molecule has 2 bridgehead atoms. The number of nitrogen functional groups attached to an aromatic ring is 1. The van der Waals surface area contributed by atoms with Crippen molar-refractivity contribution < 1.29 is 8.42 Å². The lowest BCUT2D eigenvalue weighted by Crippen LogP contribution is -2.38. The lowest BCUT2D eigenvalue weighted by Gasteiger charge is -2.30. The normalized spacial score (nSPS) is 21.8. The van der Waals surface area contributed by atoms with E-state index in [9.17, 15) is 8.42 Å². The molecule has 0 spiro atoms. The summed E-state index contributed by atoms with van der Waals surface area (Å²) in [5.74, 6) is 0.148. The number of hydrogen-bond acceptors (Lipinski definition) is 9. The van der Waals surface area contributed by atoms with Crippen molar-refractivity contribution in [1.82, 2.24) is 29.9 Å². The number of piperidine rings is 1. The quantitative estimate of drug-likeness (QED) is 0.408. The van der Waals surface area contributed by atoms with Crippen LogP contribution in [0.5, 0.6) is 0 Å². The number of fused-ring (bicyclic) bond motifs is 3. The molecule has 4 aromatic rings. The second-order valence-corrected chi connectivity index (χ2v) is 12.5. The molecular formula is C23H26ClN7O2S2. The van der Waals surface area contributed by atoms with Crippen molar-refractivity contribution in [2.24, 2.45) is 0 Å². The molecule has 2 saturated heterocycles. The van der Waals surface area contributed by atoms with Crippen LogP contribution in [-0.2, 0) is 9.84 Å². The smallest absolute Gasteiger partial charge is 0.180 e. The molecule has 184 valence electrons. The number of aromatic nitrogens is 5. The van der Waals surface area contributed by atoms with Gasteiger partial charge < -0.3 is 11.1 Å². The second kappa shape index (κ2) is 8.81. The van der Waals surface area contributed by atoms with E-state index in [1.54, 1.807) is 23.7 Å². The Labute approximate surface area is 213 Å². The van der Waals surface area contributed by atoms with Crippen LogP contribution in [0.1, 0.15) is 42.2 Å². The molecule has 0 aromatic carbocycles. The zero-order valence-corrected chi connectivity index (χ0v) is 21.8. The van der Waals surface area contributed by atoms with Crippen LogP contribution in [-0.4, -0.2) is 51.3 Å². The third-order valence-electron chi connectivity index (χ3n) is 6.81. The van der Waals surface area contributed by atoms with Gasteiger partial charge in [0, 0.05) is 52.7 Å². The van der Waals surface area contributed by atoms with Crippen molar-refractivity contribution >= 4 is 45.0 Å². The first kappa shape index (κ1) is 24.1. The molecule has 3 atom stereocenters. The van der Waals surface area contributed by atoms with Crippen LogP contribution >= 0.6 is 23.7 Å². The molecule has 9 nitrogen and oxygen atoms in total. The van der Waals surface area contributed by atoms with E-state index >= 15 is 0 Å². The molecule has 0 radical (unpaired) electrons. The average Bonchev–Trinajstić information content (AvgIpc) is 3.51. The van der Waals surface area contributed by atoms with Crippen LogP contribution in [0.4, 0.5) is 5.82 Å². The highest BCUT2D eigenvalue weighted by Gasteiger charge is 2.38. The monoisotopic (exact) mass is 531 g/mol. The maximum absolute atomic E-state index is 12.8. The van der Waals surface area contributed by atoms with Crippen molar-refractivity contribution in [1.29, 1.82) is 0 Å². The lowest BCUT2D eigenvalue weighted by atomic mass is 9.89. The highest BCUT2D eigenvalue weighted by Crippen LogP contribution is 2.41. The summed E-state index contributed by atoms with van der Waals surface area (Å²) >= 11 is 1.59. The molecule has 0 amide bonds. The minimum absolute atomic E-state index is 0. The number of anilines is 1. The van der Waals surface area contributed by atoms with Gasteiger partial charge >= 0.3 is 0 Å². The number of nitrogens with two attached hydrogens (primary N) is 1. The van der Waals surface area contributed by atoms with E-state index in [1.165, 1.54) is 10.8 Å². The topological polar surface area (TPSA) is 128 Å². The van der Waals surface area contributed by atoms with E-state index < -0.39 is 9.84 Å². The molecule has 2 aliphatic rings. The Morgan fingerprint density at radius 2 is 1.86 bits per heavy atom. The SMILES string of the molecule is Cc1cnc(-c2ccc(-c3cnn4c(N)c(S(C)(=O)=O)c([C@H]5C[C@H]6CC[C@@H](C5)N6)nc34)cn2)s1.Cl. The molecule has 0 unspecified atom stereocenters. The largest absolute Gasteiger partial charge is 0.382 e. The van der Waals surface area contributed by atoms with Crippen LogP contribution < -0.4 is 11.1 Å². The van der Waals surface area contributed by atoms with Gasteiger partial charge in [0.2, 0.25) is 0 Å². The summed E-state index contributed by atoms with van der Waals surface area (Å²) in [5, 5.41) is 8.88. The van der Waals surface area contributed by atoms with Gasteiger partial charge in [0.15, 0.2) is 15.5 Å². The van der Waals surface area contributed by atoms with Gasteiger partial charge in [-0.25, -0.2) is 18.4 Å². The van der Waals surface area contributed by atoms with Crippen LogP contribution in [0.2, 0.25) is 0 Å².